The summed E-state index contributed by atoms with van der Waals surface area (Å²) in [5, 5.41) is 10.8. The highest BCUT2D eigenvalue weighted by atomic mass is 16.5. The van der Waals surface area contributed by atoms with Crippen LogP contribution in [0.2, 0.25) is 0 Å². The van der Waals surface area contributed by atoms with Gasteiger partial charge in [-0.25, -0.2) is 4.79 Å². The van der Waals surface area contributed by atoms with Crippen LogP contribution in [0.3, 0.4) is 0 Å². The number of hydrogen-bond donors (Lipinski definition) is 1. The van der Waals surface area contributed by atoms with Gasteiger partial charge in [0, 0.05) is 25.6 Å². The van der Waals surface area contributed by atoms with Gasteiger partial charge in [-0.2, -0.15) is 4.98 Å². The van der Waals surface area contributed by atoms with Crippen LogP contribution in [0, 0.1) is 0 Å². The molecule has 140 valence electrons. The van der Waals surface area contributed by atoms with Crippen molar-refractivity contribution in [2.75, 3.05) is 13.7 Å². The molecule has 0 spiro atoms. The highest BCUT2D eigenvalue weighted by Crippen LogP contribution is 2.27. The van der Waals surface area contributed by atoms with E-state index in [1.807, 2.05) is 0 Å². The van der Waals surface area contributed by atoms with Crippen molar-refractivity contribution < 1.29 is 18.6 Å². The molecule has 1 fully saturated rings. The molecule has 2 aliphatic rings. The lowest BCUT2D eigenvalue weighted by atomic mass is 9.96. The van der Waals surface area contributed by atoms with Gasteiger partial charge in [0.2, 0.25) is 0 Å². The Kier molecular flexibility index (Phi) is 4.87. The Morgan fingerprint density at radius 3 is 2.96 bits per heavy atom. The fraction of sp³-hybridized carbons (Fsp3) is 0.647. The van der Waals surface area contributed by atoms with E-state index in [1.165, 1.54) is 0 Å². The maximum Gasteiger partial charge on any atom is 0.317 e. The first-order valence-electron chi connectivity index (χ1n) is 9.10. The van der Waals surface area contributed by atoms with Crippen molar-refractivity contribution in [1.82, 2.24) is 25.5 Å². The molecular formula is C17H23N5O4. The van der Waals surface area contributed by atoms with Crippen LogP contribution >= 0.6 is 0 Å². The molecule has 9 nitrogen and oxygen atoms in total. The predicted molar refractivity (Wildman–Crippen MR) is 89.1 cm³/mol. The summed E-state index contributed by atoms with van der Waals surface area (Å²) in [7, 11) is 1.73. The number of ether oxygens (including phenoxy) is 1. The van der Waals surface area contributed by atoms with Crippen molar-refractivity contribution >= 4 is 6.03 Å². The second-order valence-electron chi connectivity index (χ2n) is 6.80. The number of aryl methyl sites for hydroxylation is 1. The van der Waals surface area contributed by atoms with Gasteiger partial charge in [-0.1, -0.05) is 10.3 Å². The van der Waals surface area contributed by atoms with E-state index in [9.17, 15) is 4.79 Å². The zero-order valence-corrected chi connectivity index (χ0v) is 14.9. The lowest BCUT2D eigenvalue weighted by Gasteiger charge is -2.17. The minimum atomic E-state index is -0.221. The minimum absolute atomic E-state index is 0.118. The number of carbonyl (C=O) groups is 1. The molecule has 1 atom stereocenters. The molecule has 0 bridgehead atoms. The Labute approximate surface area is 151 Å². The number of nitrogens with one attached hydrogen (secondary N) is 1. The third-order valence-electron chi connectivity index (χ3n) is 4.85. The lowest BCUT2D eigenvalue weighted by Crippen LogP contribution is -2.36. The van der Waals surface area contributed by atoms with Gasteiger partial charge >= 0.3 is 6.03 Å². The van der Waals surface area contributed by atoms with Gasteiger partial charge in [0.05, 0.1) is 13.1 Å². The summed E-state index contributed by atoms with van der Waals surface area (Å²) < 4.78 is 16.1. The summed E-state index contributed by atoms with van der Waals surface area (Å²) in [5.74, 6) is 1.89. The number of urea groups is 1. The average molecular weight is 361 g/mol. The Morgan fingerprint density at radius 2 is 2.12 bits per heavy atom. The van der Waals surface area contributed by atoms with Crippen molar-refractivity contribution in [3.8, 4) is 0 Å². The molecular weight excluding hydrogens is 338 g/mol. The summed E-state index contributed by atoms with van der Waals surface area (Å²) in [6.07, 6.45) is 5.95. The maximum atomic E-state index is 12.3. The monoisotopic (exact) mass is 361 g/mol. The lowest BCUT2D eigenvalue weighted by molar-refractivity contribution is 0.0835. The third-order valence-corrected chi connectivity index (χ3v) is 4.85. The molecule has 3 heterocycles. The molecule has 9 heteroatoms. The molecule has 0 aromatic carbocycles. The van der Waals surface area contributed by atoms with Gasteiger partial charge in [0.25, 0.3) is 5.89 Å². The Hall–Kier alpha value is -2.42. The van der Waals surface area contributed by atoms with Crippen LogP contribution in [0.1, 0.15) is 60.5 Å². The van der Waals surface area contributed by atoms with E-state index in [2.05, 4.69) is 20.6 Å². The summed E-state index contributed by atoms with van der Waals surface area (Å²) in [6.45, 7) is 1.34. The van der Waals surface area contributed by atoms with Crippen molar-refractivity contribution in [2.24, 2.45) is 0 Å². The highest BCUT2D eigenvalue weighted by molar-refractivity contribution is 5.73. The number of rotatable bonds is 5. The summed E-state index contributed by atoms with van der Waals surface area (Å²) >= 11 is 0. The topological polar surface area (TPSA) is 107 Å². The fourth-order valence-corrected chi connectivity index (χ4v) is 3.40. The van der Waals surface area contributed by atoms with Gasteiger partial charge in [0.1, 0.15) is 17.6 Å². The van der Waals surface area contributed by atoms with E-state index in [4.69, 9.17) is 13.8 Å². The van der Waals surface area contributed by atoms with E-state index in [0.29, 0.717) is 18.3 Å². The first-order chi connectivity index (χ1) is 12.7. The van der Waals surface area contributed by atoms with E-state index in [-0.39, 0.29) is 18.7 Å². The van der Waals surface area contributed by atoms with Crippen molar-refractivity contribution in [3.05, 3.63) is 28.7 Å². The Morgan fingerprint density at radius 1 is 1.23 bits per heavy atom. The Bertz CT molecular complexity index is 765. The predicted octanol–water partition coefficient (Wildman–Crippen LogP) is 2.13. The zero-order valence-electron chi connectivity index (χ0n) is 14.9. The molecule has 0 radical (unpaired) electrons. The molecule has 1 saturated heterocycles. The number of nitrogens with zero attached hydrogens (tertiary/aromatic N) is 4. The molecule has 1 aliphatic carbocycles. The highest BCUT2D eigenvalue weighted by Gasteiger charge is 2.24. The number of fused-ring (bicyclic) bond motifs is 1. The summed E-state index contributed by atoms with van der Waals surface area (Å²) in [5.41, 5.74) is 2.01. The second-order valence-corrected chi connectivity index (χ2v) is 6.80. The van der Waals surface area contributed by atoms with Crippen molar-refractivity contribution in [2.45, 2.75) is 57.7 Å². The van der Waals surface area contributed by atoms with Crippen LogP contribution in [0.4, 0.5) is 4.79 Å². The van der Waals surface area contributed by atoms with Gasteiger partial charge in [-0.05, 0) is 32.1 Å². The Balaban J connectivity index is 1.30. The third kappa shape index (κ3) is 3.57. The zero-order chi connectivity index (χ0) is 17.9. The molecule has 0 saturated carbocycles. The molecule has 1 unspecified atom stereocenters. The minimum Gasteiger partial charge on any atom is -0.368 e. The van der Waals surface area contributed by atoms with E-state index in [1.54, 1.807) is 11.9 Å². The molecule has 1 N–H and O–H groups in total. The van der Waals surface area contributed by atoms with E-state index >= 15 is 0 Å². The summed E-state index contributed by atoms with van der Waals surface area (Å²) in [6, 6.07) is -0.221. The van der Waals surface area contributed by atoms with E-state index in [0.717, 1.165) is 62.1 Å². The molecule has 4 rings (SSSR count). The molecule has 2 amide bonds. The number of aromatic nitrogens is 3. The summed E-state index contributed by atoms with van der Waals surface area (Å²) in [4.78, 5) is 18.2. The van der Waals surface area contributed by atoms with Gasteiger partial charge in [-0.15, -0.1) is 0 Å². The first kappa shape index (κ1) is 17.0. The number of amides is 2. The normalized spacial score (nSPS) is 19.3. The second kappa shape index (κ2) is 7.45. The van der Waals surface area contributed by atoms with Crippen LogP contribution in [0.15, 0.2) is 9.05 Å². The average Bonchev–Trinajstić information content (AvgIpc) is 3.40. The van der Waals surface area contributed by atoms with Crippen LogP contribution < -0.4 is 5.32 Å². The van der Waals surface area contributed by atoms with Crippen molar-refractivity contribution in [1.29, 1.82) is 0 Å². The molecule has 26 heavy (non-hydrogen) atoms. The quantitative estimate of drug-likeness (QED) is 0.869. The van der Waals surface area contributed by atoms with E-state index < -0.39 is 0 Å². The SMILES string of the molecule is CN(Cc1noc2c1CCCC2)C(=O)NCc1noc(C2CCCO2)n1. The van der Waals surface area contributed by atoms with Crippen molar-refractivity contribution in [3.63, 3.8) is 0 Å². The van der Waals surface area contributed by atoms with Gasteiger partial charge in [-0.3, -0.25) is 0 Å². The van der Waals surface area contributed by atoms with Crippen LogP contribution in [0.25, 0.3) is 0 Å². The molecule has 1 aliphatic heterocycles. The largest absolute Gasteiger partial charge is 0.368 e. The number of hydrogen-bond acceptors (Lipinski definition) is 7. The smallest absolute Gasteiger partial charge is 0.317 e. The molecule has 2 aromatic rings. The number of carbonyl (C=O) groups excluding carboxylic acids is 1. The van der Waals surface area contributed by atoms with Crippen LogP contribution in [-0.4, -0.2) is 39.9 Å². The first-order valence-corrected chi connectivity index (χ1v) is 9.10. The van der Waals surface area contributed by atoms with Gasteiger partial charge < -0.3 is 24.0 Å². The van der Waals surface area contributed by atoms with Crippen LogP contribution in [0.5, 0.6) is 0 Å². The standard InChI is InChI=1S/C17H23N5O4/c1-22(10-12-11-5-2-3-6-13(11)25-20-12)17(23)18-9-15-19-16(26-21-15)14-7-4-8-24-14/h14H,2-10H2,1H3,(H,18,23). The maximum absolute atomic E-state index is 12.3. The molecule has 2 aromatic heterocycles. The van der Waals surface area contributed by atoms with Crippen LogP contribution in [-0.2, 0) is 30.7 Å². The van der Waals surface area contributed by atoms with Gasteiger partial charge in [0.15, 0.2) is 5.82 Å². The fourth-order valence-electron chi connectivity index (χ4n) is 3.40.